The van der Waals surface area contributed by atoms with Crippen molar-refractivity contribution in [3.63, 3.8) is 0 Å². The van der Waals surface area contributed by atoms with Crippen molar-refractivity contribution in [1.29, 1.82) is 0 Å². The van der Waals surface area contributed by atoms with Crippen LogP contribution in [-0.2, 0) is 0 Å². The lowest BCUT2D eigenvalue weighted by atomic mass is 9.80. The number of anilines is 1. The van der Waals surface area contributed by atoms with Crippen molar-refractivity contribution in [3.8, 4) is 0 Å². The number of benzene rings is 2. The first-order valence-corrected chi connectivity index (χ1v) is 7.06. The number of rotatable bonds is 1. The van der Waals surface area contributed by atoms with Gasteiger partial charge in [0, 0.05) is 11.1 Å². The van der Waals surface area contributed by atoms with E-state index >= 15 is 0 Å². The molecule has 21 heavy (non-hydrogen) atoms. The van der Waals surface area contributed by atoms with Gasteiger partial charge in [0.1, 0.15) is 12.0 Å². The summed E-state index contributed by atoms with van der Waals surface area (Å²) in [6.07, 6.45) is 5.98. The fourth-order valence-corrected chi connectivity index (χ4v) is 2.97. The number of hydrogen-bond donors (Lipinski definition) is 1. The lowest BCUT2D eigenvalue weighted by Crippen LogP contribution is -2.40. The molecule has 2 nitrogen and oxygen atoms in total. The first-order chi connectivity index (χ1) is 10.2. The second-order valence-corrected chi connectivity index (χ2v) is 5.69. The Balaban J connectivity index is 1.91. The van der Waals surface area contributed by atoms with Gasteiger partial charge in [0.25, 0.3) is 0 Å². The van der Waals surface area contributed by atoms with Gasteiger partial charge in [0.2, 0.25) is 0 Å². The number of alkyl halides is 1. The molecule has 104 valence electrons. The fourth-order valence-electron chi connectivity index (χ4n) is 2.97. The van der Waals surface area contributed by atoms with Crippen LogP contribution in [0.2, 0.25) is 0 Å². The Morgan fingerprint density at radius 2 is 1.95 bits per heavy atom. The van der Waals surface area contributed by atoms with E-state index in [9.17, 15) is 4.39 Å². The third-order valence-electron chi connectivity index (χ3n) is 4.28. The third kappa shape index (κ3) is 1.74. The van der Waals surface area contributed by atoms with E-state index in [4.69, 9.17) is 0 Å². The standard InChI is InChI=1S/C18H15FN2/c1-18(11-3-2-10-15(18)19)17-20-13-8-4-6-12-7-5-9-14(21-17)16(12)13/h2-11,15H,1H3,(H,20,21). The van der Waals surface area contributed by atoms with Crippen molar-refractivity contribution in [2.45, 2.75) is 13.1 Å². The van der Waals surface area contributed by atoms with Gasteiger partial charge in [0.15, 0.2) is 0 Å². The van der Waals surface area contributed by atoms with Crippen LogP contribution in [-0.4, -0.2) is 12.0 Å². The van der Waals surface area contributed by atoms with E-state index in [1.54, 1.807) is 12.2 Å². The van der Waals surface area contributed by atoms with Gasteiger partial charge < -0.3 is 5.32 Å². The first kappa shape index (κ1) is 12.3. The van der Waals surface area contributed by atoms with Crippen LogP contribution in [0.4, 0.5) is 15.8 Å². The monoisotopic (exact) mass is 278 g/mol. The number of nitrogens with one attached hydrogen (secondary N) is 1. The third-order valence-corrected chi connectivity index (χ3v) is 4.28. The minimum atomic E-state index is -1.08. The first-order valence-electron chi connectivity index (χ1n) is 7.06. The smallest absolute Gasteiger partial charge is 0.134 e. The summed E-state index contributed by atoms with van der Waals surface area (Å²) in [5.74, 6) is 0.654. The van der Waals surface area contributed by atoms with Crippen LogP contribution in [0.5, 0.6) is 0 Å². The highest BCUT2D eigenvalue weighted by Crippen LogP contribution is 2.41. The molecule has 0 amide bonds. The van der Waals surface area contributed by atoms with Crippen LogP contribution in [0.25, 0.3) is 10.8 Å². The number of aliphatic imine (C=N–C) groups is 1. The maximum atomic E-state index is 14.4. The number of allylic oxidation sites excluding steroid dienone is 3. The highest BCUT2D eigenvalue weighted by molar-refractivity contribution is 6.15. The van der Waals surface area contributed by atoms with Gasteiger partial charge in [-0.05, 0) is 30.5 Å². The zero-order valence-corrected chi connectivity index (χ0v) is 11.7. The van der Waals surface area contributed by atoms with Gasteiger partial charge in [-0.1, -0.05) is 42.5 Å². The molecular formula is C18H15FN2. The summed E-state index contributed by atoms with van der Waals surface area (Å²) in [4.78, 5) is 4.69. The molecule has 0 saturated carbocycles. The Morgan fingerprint density at radius 1 is 1.14 bits per heavy atom. The average molecular weight is 278 g/mol. The lowest BCUT2D eigenvalue weighted by Gasteiger charge is -2.34. The van der Waals surface area contributed by atoms with Gasteiger partial charge in [-0.15, -0.1) is 0 Å². The molecule has 1 aliphatic heterocycles. The van der Waals surface area contributed by atoms with Crippen molar-refractivity contribution in [3.05, 3.63) is 60.7 Å². The predicted molar refractivity (Wildman–Crippen MR) is 85.9 cm³/mol. The summed E-state index contributed by atoms with van der Waals surface area (Å²) < 4.78 is 14.4. The minimum Gasteiger partial charge on any atom is -0.342 e. The molecule has 0 radical (unpaired) electrons. The largest absolute Gasteiger partial charge is 0.342 e. The van der Waals surface area contributed by atoms with E-state index < -0.39 is 11.6 Å². The van der Waals surface area contributed by atoms with Crippen LogP contribution in [0.1, 0.15) is 6.92 Å². The van der Waals surface area contributed by atoms with Crippen molar-refractivity contribution in [1.82, 2.24) is 0 Å². The number of amidine groups is 1. The SMILES string of the molecule is CC1(C2=Nc3cccc4cccc(c34)N2)C=CC=CC1F. The molecule has 2 aromatic rings. The molecule has 2 aromatic carbocycles. The molecule has 2 atom stereocenters. The van der Waals surface area contributed by atoms with Crippen LogP contribution >= 0.6 is 0 Å². The van der Waals surface area contributed by atoms with Crippen molar-refractivity contribution in [2.75, 3.05) is 5.32 Å². The van der Waals surface area contributed by atoms with Gasteiger partial charge >= 0.3 is 0 Å². The molecule has 2 aliphatic rings. The molecule has 1 aliphatic carbocycles. The summed E-state index contributed by atoms with van der Waals surface area (Å²) in [5, 5.41) is 5.56. The predicted octanol–water partition coefficient (Wildman–Crippen LogP) is 4.77. The van der Waals surface area contributed by atoms with Gasteiger partial charge in [-0.3, -0.25) is 0 Å². The molecule has 0 aromatic heterocycles. The molecule has 0 spiro atoms. The maximum Gasteiger partial charge on any atom is 0.134 e. The average Bonchev–Trinajstić information content (AvgIpc) is 2.51. The molecule has 3 heteroatoms. The zero-order valence-electron chi connectivity index (χ0n) is 11.7. The Kier molecular flexibility index (Phi) is 2.52. The van der Waals surface area contributed by atoms with E-state index in [0.29, 0.717) is 5.84 Å². The highest BCUT2D eigenvalue weighted by Gasteiger charge is 2.38. The van der Waals surface area contributed by atoms with Gasteiger partial charge in [0.05, 0.1) is 11.1 Å². The maximum absolute atomic E-state index is 14.4. The fraction of sp³-hybridized carbons (Fsp3) is 0.167. The molecule has 1 N–H and O–H groups in total. The second kappa shape index (κ2) is 4.29. The van der Waals surface area contributed by atoms with E-state index in [1.165, 1.54) is 0 Å². The molecule has 0 saturated heterocycles. The molecule has 4 rings (SSSR count). The van der Waals surface area contributed by atoms with Crippen molar-refractivity contribution in [2.24, 2.45) is 10.4 Å². The summed E-state index contributed by atoms with van der Waals surface area (Å²) in [6.45, 7) is 1.87. The Hall–Kier alpha value is -2.42. The molecule has 0 bridgehead atoms. The molecular weight excluding hydrogens is 263 g/mol. The second-order valence-electron chi connectivity index (χ2n) is 5.69. The number of hydrogen-bond acceptors (Lipinski definition) is 2. The highest BCUT2D eigenvalue weighted by atomic mass is 19.1. The van der Waals surface area contributed by atoms with Crippen LogP contribution < -0.4 is 5.32 Å². The molecule has 1 heterocycles. The summed E-state index contributed by atoms with van der Waals surface area (Å²) >= 11 is 0. The number of nitrogens with zero attached hydrogens (tertiary/aromatic N) is 1. The Bertz CT molecular complexity index is 814. The van der Waals surface area contributed by atoms with E-state index in [-0.39, 0.29) is 0 Å². The minimum absolute atomic E-state index is 0.654. The van der Waals surface area contributed by atoms with Crippen molar-refractivity contribution >= 4 is 28.0 Å². The van der Waals surface area contributed by atoms with Crippen LogP contribution in [0, 0.1) is 5.41 Å². The topological polar surface area (TPSA) is 24.4 Å². The van der Waals surface area contributed by atoms with Gasteiger partial charge in [-0.2, -0.15) is 0 Å². The van der Waals surface area contributed by atoms with Gasteiger partial charge in [-0.25, -0.2) is 9.38 Å². The summed E-state index contributed by atoms with van der Waals surface area (Å²) in [7, 11) is 0. The quantitative estimate of drug-likeness (QED) is 0.798. The van der Waals surface area contributed by atoms with Crippen molar-refractivity contribution < 1.29 is 4.39 Å². The molecule has 2 unspecified atom stereocenters. The van der Waals surface area contributed by atoms with Crippen LogP contribution in [0.15, 0.2) is 65.7 Å². The Morgan fingerprint density at radius 3 is 2.76 bits per heavy atom. The zero-order chi connectivity index (χ0) is 14.4. The summed E-state index contributed by atoms with van der Waals surface area (Å²) in [5.41, 5.74) is 1.13. The van der Waals surface area contributed by atoms with E-state index in [0.717, 1.165) is 22.1 Å². The number of halogens is 1. The van der Waals surface area contributed by atoms with Crippen LogP contribution in [0.3, 0.4) is 0 Å². The lowest BCUT2D eigenvalue weighted by molar-refractivity contribution is 0.287. The van der Waals surface area contributed by atoms with E-state index in [2.05, 4.69) is 22.4 Å². The summed E-state index contributed by atoms with van der Waals surface area (Å²) in [6, 6.07) is 12.1. The molecule has 0 fully saturated rings. The Labute approximate surface area is 122 Å². The normalized spacial score (nSPS) is 26.6. The van der Waals surface area contributed by atoms with E-state index in [1.807, 2.05) is 43.3 Å².